The molecule has 0 N–H and O–H groups in total. The predicted octanol–water partition coefficient (Wildman–Crippen LogP) is 9.55. The van der Waals surface area contributed by atoms with Crippen LogP contribution in [0.2, 0.25) is 0 Å². The van der Waals surface area contributed by atoms with Crippen LogP contribution in [0.5, 0.6) is 0 Å². The van der Waals surface area contributed by atoms with Crippen LogP contribution in [0.3, 0.4) is 0 Å². The molecule has 0 atom stereocenters. The zero-order valence-corrected chi connectivity index (χ0v) is 18.6. The maximum absolute atomic E-state index is 2.38. The van der Waals surface area contributed by atoms with Crippen molar-refractivity contribution in [3.8, 4) is 0 Å². The standard InChI is InChI=1S/C22H26.2C2H6.CH4/c1-13(2)20-8-7-17-10-19-11-21(14(3)4)15(5)9-18(19)12-22(17)16(20)6;2*1-2;/h7-14H,1-6H3;2*1-2H3;1H4. The predicted molar refractivity (Wildman–Crippen MR) is 129 cm³/mol. The lowest BCUT2D eigenvalue weighted by atomic mass is 9.89. The van der Waals surface area contributed by atoms with Gasteiger partial charge in [0.1, 0.15) is 0 Å². The molecule has 27 heavy (non-hydrogen) atoms. The Morgan fingerprint density at radius 2 is 1.11 bits per heavy atom. The quantitative estimate of drug-likeness (QED) is 0.396. The number of benzene rings is 3. The number of hydrogen-bond donors (Lipinski definition) is 0. The van der Waals surface area contributed by atoms with Crippen molar-refractivity contribution in [3.05, 3.63) is 58.7 Å². The van der Waals surface area contributed by atoms with E-state index in [9.17, 15) is 0 Å². The molecule has 3 rings (SSSR count). The smallest absolute Gasteiger partial charge is 0.0145 e. The van der Waals surface area contributed by atoms with E-state index < -0.39 is 0 Å². The highest BCUT2D eigenvalue weighted by Gasteiger charge is 2.10. The molecule has 0 amide bonds. The maximum atomic E-state index is 2.38. The minimum Gasteiger partial charge on any atom is -0.0776 e. The average molecular weight is 367 g/mol. The van der Waals surface area contributed by atoms with Gasteiger partial charge in [0, 0.05) is 0 Å². The van der Waals surface area contributed by atoms with Crippen LogP contribution in [-0.2, 0) is 0 Å². The summed E-state index contributed by atoms with van der Waals surface area (Å²) in [6, 6.07) is 14.0. The molecule has 0 bridgehead atoms. The van der Waals surface area contributed by atoms with Gasteiger partial charge in [0.2, 0.25) is 0 Å². The van der Waals surface area contributed by atoms with Crippen LogP contribution < -0.4 is 0 Å². The number of fused-ring (bicyclic) bond motifs is 2. The van der Waals surface area contributed by atoms with E-state index in [1.165, 1.54) is 43.8 Å². The molecule has 0 aliphatic rings. The molecule has 150 valence electrons. The molecule has 0 aliphatic carbocycles. The summed E-state index contributed by atoms with van der Waals surface area (Å²) in [6.45, 7) is 21.6. The van der Waals surface area contributed by atoms with E-state index in [0.29, 0.717) is 11.8 Å². The Morgan fingerprint density at radius 3 is 1.63 bits per heavy atom. The molecule has 0 aromatic heterocycles. The zero-order chi connectivity index (χ0) is 20.0. The Labute approximate surface area is 169 Å². The Kier molecular flexibility index (Phi) is 10.4. The Morgan fingerprint density at radius 1 is 0.593 bits per heavy atom. The largest absolute Gasteiger partial charge is 0.0776 e. The molecule has 0 spiro atoms. The Balaban J connectivity index is 0.00000127. The molecule has 0 heterocycles. The van der Waals surface area contributed by atoms with E-state index in [2.05, 4.69) is 77.9 Å². The van der Waals surface area contributed by atoms with E-state index >= 15 is 0 Å². The highest BCUT2D eigenvalue weighted by atomic mass is 14.1. The fourth-order valence-corrected chi connectivity index (χ4v) is 3.67. The molecular weight excluding hydrogens is 324 g/mol. The number of aryl methyl sites for hydroxylation is 2. The molecule has 0 saturated heterocycles. The Hall–Kier alpha value is -1.82. The van der Waals surface area contributed by atoms with Gasteiger partial charge < -0.3 is 0 Å². The van der Waals surface area contributed by atoms with E-state index in [1.807, 2.05) is 27.7 Å². The fourth-order valence-electron chi connectivity index (χ4n) is 3.67. The van der Waals surface area contributed by atoms with Crippen LogP contribution in [0.4, 0.5) is 0 Å². The maximum Gasteiger partial charge on any atom is -0.0145 e. The number of hydrogen-bond acceptors (Lipinski definition) is 0. The first-order chi connectivity index (χ1) is 12.4. The van der Waals surface area contributed by atoms with E-state index in [-0.39, 0.29) is 7.43 Å². The first-order valence-electron chi connectivity index (χ1n) is 10.4. The number of rotatable bonds is 2. The second kappa shape index (κ2) is 11.1. The molecule has 0 nitrogen and oxygen atoms in total. The average Bonchev–Trinajstić information content (AvgIpc) is 2.63. The second-order valence-corrected chi connectivity index (χ2v) is 7.22. The molecule has 0 radical (unpaired) electrons. The van der Waals surface area contributed by atoms with Crippen LogP contribution in [0.1, 0.15) is 96.9 Å². The molecule has 0 aliphatic heterocycles. The van der Waals surface area contributed by atoms with Crippen LogP contribution in [0.15, 0.2) is 36.4 Å². The first kappa shape index (κ1) is 25.2. The minimum atomic E-state index is 0. The van der Waals surface area contributed by atoms with Crippen molar-refractivity contribution in [2.24, 2.45) is 0 Å². The van der Waals surface area contributed by atoms with Crippen molar-refractivity contribution < 1.29 is 0 Å². The molecular formula is C27H42. The summed E-state index contributed by atoms with van der Waals surface area (Å²) < 4.78 is 0. The topological polar surface area (TPSA) is 0 Å². The van der Waals surface area contributed by atoms with Gasteiger partial charge in [-0.25, -0.2) is 0 Å². The second-order valence-electron chi connectivity index (χ2n) is 7.22. The van der Waals surface area contributed by atoms with Gasteiger partial charge in [-0.2, -0.15) is 0 Å². The third-order valence-corrected chi connectivity index (χ3v) is 4.92. The summed E-state index contributed by atoms with van der Waals surface area (Å²) >= 11 is 0. The van der Waals surface area contributed by atoms with Gasteiger partial charge in [-0.1, -0.05) is 87.1 Å². The van der Waals surface area contributed by atoms with E-state index in [1.54, 1.807) is 0 Å². The summed E-state index contributed by atoms with van der Waals surface area (Å²) in [7, 11) is 0. The lowest BCUT2D eigenvalue weighted by molar-refractivity contribution is 0.858. The first-order valence-corrected chi connectivity index (χ1v) is 10.4. The van der Waals surface area contributed by atoms with Crippen LogP contribution >= 0.6 is 0 Å². The third-order valence-electron chi connectivity index (χ3n) is 4.92. The SMILES string of the molecule is C.CC.CC.Cc1cc2cc3c(C)c(C(C)C)ccc3cc2cc1C(C)C. The van der Waals surface area contributed by atoms with Crippen LogP contribution in [-0.4, -0.2) is 0 Å². The van der Waals surface area contributed by atoms with Gasteiger partial charge in [-0.05, 0) is 81.6 Å². The zero-order valence-electron chi connectivity index (χ0n) is 18.6. The van der Waals surface area contributed by atoms with Gasteiger partial charge >= 0.3 is 0 Å². The van der Waals surface area contributed by atoms with Gasteiger partial charge in [0.05, 0.1) is 0 Å². The van der Waals surface area contributed by atoms with Crippen molar-refractivity contribution in [3.63, 3.8) is 0 Å². The van der Waals surface area contributed by atoms with Gasteiger partial charge in [0.25, 0.3) is 0 Å². The summed E-state index contributed by atoms with van der Waals surface area (Å²) in [5.74, 6) is 1.15. The molecule has 0 saturated carbocycles. The van der Waals surface area contributed by atoms with Crippen molar-refractivity contribution in [2.75, 3.05) is 0 Å². The van der Waals surface area contributed by atoms with Crippen LogP contribution in [0, 0.1) is 13.8 Å². The van der Waals surface area contributed by atoms with Crippen molar-refractivity contribution in [2.45, 2.75) is 88.5 Å². The highest BCUT2D eigenvalue weighted by molar-refractivity contribution is 6.00. The van der Waals surface area contributed by atoms with Gasteiger partial charge in [-0.3, -0.25) is 0 Å². The summed E-state index contributed by atoms with van der Waals surface area (Å²) in [5.41, 5.74) is 5.75. The normalized spacial score (nSPS) is 10.2. The van der Waals surface area contributed by atoms with Gasteiger partial charge in [0.15, 0.2) is 0 Å². The van der Waals surface area contributed by atoms with Crippen molar-refractivity contribution in [1.29, 1.82) is 0 Å². The monoisotopic (exact) mass is 366 g/mol. The van der Waals surface area contributed by atoms with E-state index in [4.69, 9.17) is 0 Å². The summed E-state index contributed by atoms with van der Waals surface area (Å²) in [6.07, 6.45) is 0. The summed E-state index contributed by atoms with van der Waals surface area (Å²) in [4.78, 5) is 0. The molecule has 3 aromatic carbocycles. The summed E-state index contributed by atoms with van der Waals surface area (Å²) in [5, 5.41) is 5.47. The van der Waals surface area contributed by atoms with Gasteiger partial charge in [-0.15, -0.1) is 0 Å². The molecule has 0 unspecified atom stereocenters. The van der Waals surface area contributed by atoms with E-state index in [0.717, 1.165) is 0 Å². The van der Waals surface area contributed by atoms with Crippen LogP contribution in [0.25, 0.3) is 21.5 Å². The third kappa shape index (κ3) is 5.34. The highest BCUT2D eigenvalue weighted by Crippen LogP contribution is 2.32. The lowest BCUT2D eigenvalue weighted by Gasteiger charge is -2.15. The van der Waals surface area contributed by atoms with Crippen molar-refractivity contribution in [1.82, 2.24) is 0 Å². The molecule has 3 aromatic rings. The minimum absolute atomic E-state index is 0. The van der Waals surface area contributed by atoms with Crippen molar-refractivity contribution >= 4 is 21.5 Å². The molecule has 0 fully saturated rings. The molecule has 0 heteroatoms. The lowest BCUT2D eigenvalue weighted by Crippen LogP contribution is -1.95. The fraction of sp³-hybridized carbons (Fsp3) is 0.481. The Bertz CT molecular complexity index is 845.